The molecule has 6 rings (SSSR count). The highest BCUT2D eigenvalue weighted by molar-refractivity contribution is 7.91. The van der Waals surface area contributed by atoms with E-state index in [0.717, 1.165) is 11.3 Å². The molecule has 1 saturated heterocycles. The number of hydrogen-bond acceptors (Lipinski definition) is 9. The predicted octanol–water partition coefficient (Wildman–Crippen LogP) is 5.56. The summed E-state index contributed by atoms with van der Waals surface area (Å²) in [7, 11) is -4.11. The predicted molar refractivity (Wildman–Crippen MR) is 206 cm³/mol. The third-order valence-electron chi connectivity index (χ3n) is 12.1. The third kappa shape index (κ3) is 8.57. The highest BCUT2D eigenvalue weighted by atomic mass is 32.2. The van der Waals surface area contributed by atoms with Crippen molar-refractivity contribution in [2.24, 2.45) is 17.8 Å². The number of nitrogens with zero attached hydrogens (tertiary/aromatic N) is 3. The summed E-state index contributed by atoms with van der Waals surface area (Å²) in [6.45, 7) is 7.62. The number of aromatic nitrogens is 1. The normalized spacial score (nSPS) is 29.2. The fraction of sp³-hybridized carbons (Fsp3) is 0.625. The minimum Gasteiger partial charge on any atom is -0.491 e. The molecule has 2 saturated carbocycles. The standard InChI is InChI=1S/C40H52F3N5O9S/c1-6-17-56-31-21-44-34(29-14-10-9-13-28(29)31)57-27-19-30-33(49)45-39(36(51)46-58(54,55)38(5)15-16-38)20-26(39)12-8-7-11-23(2)18-24(3)32(35(50)47(30)22-27)48(37(52)53)25(4)40(41,42)43/h8-10,12-14,21,23-27,30,32H,6-7,11,15-20,22H2,1-5H3,(H,45,49)(H,46,51)(H,52,53)/t23-,24+,25+,26+,27+,30-,32-,39+/m0/s1. The Balaban J connectivity index is 1.40. The fourth-order valence-corrected chi connectivity index (χ4v) is 9.49. The van der Waals surface area contributed by atoms with E-state index in [0.29, 0.717) is 55.7 Å². The Hall–Kier alpha value is -4.61. The number of allylic oxidation sites excluding steroid dienone is 1. The number of fused-ring (bicyclic) bond motifs is 3. The van der Waals surface area contributed by atoms with Gasteiger partial charge in [-0.3, -0.25) is 24.0 Å². The van der Waals surface area contributed by atoms with Gasteiger partial charge in [0, 0.05) is 23.1 Å². The summed E-state index contributed by atoms with van der Waals surface area (Å²) in [6.07, 6.45) is -0.456. The minimum absolute atomic E-state index is 0.0569. The maximum Gasteiger partial charge on any atom is 0.408 e. The molecule has 2 aliphatic heterocycles. The number of benzene rings is 1. The fourth-order valence-electron chi connectivity index (χ4n) is 8.17. The van der Waals surface area contributed by atoms with Gasteiger partial charge in [0.15, 0.2) is 0 Å². The summed E-state index contributed by atoms with van der Waals surface area (Å²) in [6, 6.07) is 1.23. The van der Waals surface area contributed by atoms with E-state index in [1.165, 1.54) is 20.0 Å². The van der Waals surface area contributed by atoms with Crippen LogP contribution in [0.2, 0.25) is 0 Å². The second-order valence-corrected chi connectivity index (χ2v) is 18.8. The molecule has 1 aromatic carbocycles. The van der Waals surface area contributed by atoms with Crippen molar-refractivity contribution < 1.29 is 55.3 Å². The van der Waals surface area contributed by atoms with Gasteiger partial charge in [0.25, 0.3) is 5.91 Å². The summed E-state index contributed by atoms with van der Waals surface area (Å²) in [5, 5.41) is 14.3. The lowest BCUT2D eigenvalue weighted by molar-refractivity contribution is -0.184. The van der Waals surface area contributed by atoms with Gasteiger partial charge in [-0.05, 0) is 76.7 Å². The van der Waals surface area contributed by atoms with Crippen LogP contribution >= 0.6 is 0 Å². The van der Waals surface area contributed by atoms with Crippen molar-refractivity contribution >= 4 is 44.6 Å². The molecule has 8 atom stereocenters. The number of carboxylic acid groups (broad SMARTS) is 1. The summed E-state index contributed by atoms with van der Waals surface area (Å²) in [4.78, 5) is 61.7. The molecule has 0 unspecified atom stereocenters. The first-order valence-electron chi connectivity index (χ1n) is 19.8. The number of pyridine rings is 1. The van der Waals surface area contributed by atoms with E-state index in [4.69, 9.17) is 9.47 Å². The molecular weight excluding hydrogens is 784 g/mol. The van der Waals surface area contributed by atoms with Crippen molar-refractivity contribution in [2.75, 3.05) is 13.2 Å². The zero-order valence-corrected chi connectivity index (χ0v) is 34.1. The second-order valence-electron chi connectivity index (χ2n) is 16.6. The Morgan fingerprint density at radius 2 is 1.84 bits per heavy atom. The van der Waals surface area contributed by atoms with E-state index in [1.807, 2.05) is 26.0 Å². The van der Waals surface area contributed by atoms with Crippen LogP contribution in [0.3, 0.4) is 0 Å². The van der Waals surface area contributed by atoms with Gasteiger partial charge in [-0.15, -0.1) is 0 Å². The zero-order chi connectivity index (χ0) is 42.4. The summed E-state index contributed by atoms with van der Waals surface area (Å²) in [5.74, 6) is -3.90. The van der Waals surface area contributed by atoms with Crippen LogP contribution in [-0.2, 0) is 24.4 Å². The number of alkyl halides is 3. The number of carbonyl (C=O) groups is 4. The van der Waals surface area contributed by atoms with Crippen LogP contribution in [0, 0.1) is 17.8 Å². The van der Waals surface area contributed by atoms with Gasteiger partial charge in [-0.2, -0.15) is 13.2 Å². The van der Waals surface area contributed by atoms with Gasteiger partial charge in [-0.1, -0.05) is 51.1 Å². The molecule has 318 valence electrons. The summed E-state index contributed by atoms with van der Waals surface area (Å²) in [5.41, 5.74) is -1.71. The average molecular weight is 836 g/mol. The topological polar surface area (TPSA) is 185 Å². The van der Waals surface area contributed by atoms with Gasteiger partial charge in [0.05, 0.1) is 24.1 Å². The quantitative estimate of drug-likeness (QED) is 0.256. The lowest BCUT2D eigenvalue weighted by atomic mass is 9.86. The van der Waals surface area contributed by atoms with Crippen molar-refractivity contribution in [1.82, 2.24) is 24.8 Å². The number of carbonyl (C=O) groups excluding carboxylic acids is 3. The molecule has 3 heterocycles. The van der Waals surface area contributed by atoms with Crippen molar-refractivity contribution in [3.63, 3.8) is 0 Å². The first-order valence-corrected chi connectivity index (χ1v) is 21.3. The Labute approximate surface area is 335 Å². The van der Waals surface area contributed by atoms with Crippen molar-refractivity contribution in [2.45, 2.75) is 127 Å². The zero-order valence-electron chi connectivity index (χ0n) is 33.3. The van der Waals surface area contributed by atoms with Crippen LogP contribution in [0.25, 0.3) is 10.8 Å². The lowest BCUT2D eigenvalue weighted by Crippen LogP contribution is -2.62. The molecule has 18 heteroatoms. The Morgan fingerprint density at radius 3 is 2.48 bits per heavy atom. The molecule has 2 aromatic rings. The Bertz CT molecular complexity index is 2060. The number of ether oxygens (including phenoxy) is 2. The number of nitrogens with one attached hydrogen (secondary N) is 2. The molecule has 1 aromatic heterocycles. The molecule has 58 heavy (non-hydrogen) atoms. The Kier molecular flexibility index (Phi) is 12.0. The largest absolute Gasteiger partial charge is 0.491 e. The number of sulfonamides is 1. The Morgan fingerprint density at radius 1 is 1.16 bits per heavy atom. The molecule has 3 N–H and O–H groups in total. The number of hydrogen-bond donors (Lipinski definition) is 3. The van der Waals surface area contributed by atoms with Crippen molar-refractivity contribution in [3.8, 4) is 11.6 Å². The molecule has 3 fully saturated rings. The first kappa shape index (κ1) is 43.0. The van der Waals surface area contributed by atoms with Crippen LogP contribution in [-0.4, -0.2) is 106 Å². The first-order chi connectivity index (χ1) is 27.2. The molecule has 2 aliphatic carbocycles. The highest BCUT2D eigenvalue weighted by Gasteiger charge is 2.63. The van der Waals surface area contributed by atoms with E-state index in [1.54, 1.807) is 24.3 Å². The number of amides is 4. The number of halogens is 3. The van der Waals surface area contributed by atoms with Gasteiger partial charge < -0.3 is 24.8 Å². The molecule has 4 aliphatic rings. The molecule has 0 spiro atoms. The van der Waals surface area contributed by atoms with E-state index >= 15 is 0 Å². The molecular formula is C40H52F3N5O9S. The summed E-state index contributed by atoms with van der Waals surface area (Å²) < 4.78 is 82.7. The van der Waals surface area contributed by atoms with Crippen LogP contribution in [0.1, 0.15) is 86.0 Å². The van der Waals surface area contributed by atoms with E-state index in [9.17, 15) is 45.9 Å². The van der Waals surface area contributed by atoms with Crippen LogP contribution in [0.15, 0.2) is 42.6 Å². The lowest BCUT2D eigenvalue weighted by Gasteiger charge is -2.40. The maximum absolute atomic E-state index is 14.9. The van der Waals surface area contributed by atoms with E-state index < -0.39 is 86.4 Å². The van der Waals surface area contributed by atoms with Crippen molar-refractivity contribution in [3.05, 3.63) is 42.6 Å². The van der Waals surface area contributed by atoms with Gasteiger partial charge in [0.2, 0.25) is 27.7 Å². The minimum atomic E-state index is -5.03. The van der Waals surface area contributed by atoms with Gasteiger partial charge >= 0.3 is 12.3 Å². The van der Waals surface area contributed by atoms with Crippen molar-refractivity contribution in [1.29, 1.82) is 0 Å². The molecule has 0 radical (unpaired) electrons. The highest BCUT2D eigenvalue weighted by Crippen LogP contribution is 2.48. The smallest absolute Gasteiger partial charge is 0.408 e. The van der Waals surface area contributed by atoms with Crippen LogP contribution < -0.4 is 19.5 Å². The third-order valence-corrected chi connectivity index (χ3v) is 14.2. The van der Waals surface area contributed by atoms with Crippen LogP contribution in [0.5, 0.6) is 11.6 Å². The molecule has 0 bridgehead atoms. The van der Waals surface area contributed by atoms with Gasteiger partial charge in [-0.25, -0.2) is 18.2 Å². The number of rotatable bonds is 10. The van der Waals surface area contributed by atoms with Crippen LogP contribution in [0.4, 0.5) is 18.0 Å². The van der Waals surface area contributed by atoms with Gasteiger partial charge in [0.1, 0.15) is 35.5 Å². The molecule has 4 amide bonds. The second kappa shape index (κ2) is 16.2. The maximum atomic E-state index is 14.9. The molecule has 14 nitrogen and oxygen atoms in total. The van der Waals surface area contributed by atoms with E-state index in [-0.39, 0.29) is 42.5 Å². The monoisotopic (exact) mass is 835 g/mol. The average Bonchev–Trinajstić information content (AvgIpc) is 4.04. The van der Waals surface area contributed by atoms with E-state index in [2.05, 4.69) is 15.0 Å². The SMILES string of the molecule is CCCOc1cnc(O[C@@H]2C[C@H]3C(=O)N[C@]4(C(=O)NS(=O)(=O)C5(C)CC5)C[C@H]4C=CCC[C@H](C)C[C@@H](C)[C@H](N(C(=O)O)[C@H](C)C(F)(F)F)C(=O)N3C2)c2ccccc12. The summed E-state index contributed by atoms with van der Waals surface area (Å²) >= 11 is 0.